The Morgan fingerprint density at radius 1 is 1.44 bits per heavy atom. The van der Waals surface area contributed by atoms with Crippen LogP contribution in [0.15, 0.2) is 27.6 Å². The molecule has 0 radical (unpaired) electrons. The number of sulfonamides is 1. The molecule has 0 bridgehead atoms. The van der Waals surface area contributed by atoms with Gasteiger partial charge in [0.15, 0.2) is 0 Å². The first-order valence-electron chi connectivity index (χ1n) is 5.31. The molecule has 0 spiro atoms. The van der Waals surface area contributed by atoms with Gasteiger partial charge in [-0.05, 0) is 31.0 Å². The first kappa shape index (κ1) is 15.9. The van der Waals surface area contributed by atoms with E-state index in [1.165, 1.54) is 12.1 Å². The van der Waals surface area contributed by atoms with E-state index in [9.17, 15) is 12.8 Å². The topological polar surface area (TPSA) is 46.2 Å². The monoisotopic (exact) mass is 357 g/mol. The summed E-state index contributed by atoms with van der Waals surface area (Å²) >= 11 is 8.73. The fourth-order valence-corrected chi connectivity index (χ4v) is 3.26. The molecule has 2 unspecified atom stereocenters. The molecule has 0 saturated heterocycles. The van der Waals surface area contributed by atoms with E-state index in [-0.39, 0.29) is 16.9 Å². The second-order valence-corrected chi connectivity index (χ2v) is 7.02. The molecule has 0 fully saturated rings. The second-order valence-electron chi connectivity index (χ2n) is 4.12. The summed E-state index contributed by atoms with van der Waals surface area (Å²) in [6, 6.07) is 3.45. The van der Waals surface area contributed by atoms with Crippen molar-refractivity contribution >= 4 is 37.6 Å². The van der Waals surface area contributed by atoms with Crippen LogP contribution in [-0.2, 0) is 10.0 Å². The third kappa shape index (κ3) is 3.91. The van der Waals surface area contributed by atoms with E-state index < -0.39 is 15.8 Å². The summed E-state index contributed by atoms with van der Waals surface area (Å²) < 4.78 is 40.5. The van der Waals surface area contributed by atoms with Crippen molar-refractivity contribution < 1.29 is 12.8 Å². The Balaban J connectivity index is 3.00. The Kier molecular flexibility index (Phi) is 5.58. The normalized spacial score (nSPS) is 15.4. The predicted octanol–water partition coefficient (Wildman–Crippen LogP) is 3.13. The van der Waals surface area contributed by atoms with Gasteiger partial charge in [0, 0.05) is 16.4 Å². The highest BCUT2D eigenvalue weighted by Gasteiger charge is 2.23. The smallest absolute Gasteiger partial charge is 0.208 e. The van der Waals surface area contributed by atoms with Gasteiger partial charge in [0.05, 0.1) is 0 Å². The summed E-state index contributed by atoms with van der Waals surface area (Å²) in [5.74, 6) is -0.505. The van der Waals surface area contributed by atoms with Crippen molar-refractivity contribution in [2.45, 2.75) is 24.8 Å². The minimum absolute atomic E-state index is 0.0417. The van der Waals surface area contributed by atoms with Crippen LogP contribution >= 0.6 is 27.5 Å². The molecular weight excluding hydrogens is 345 g/mol. The first-order valence-corrected chi connectivity index (χ1v) is 8.12. The number of hydrogen-bond acceptors (Lipinski definition) is 2. The van der Waals surface area contributed by atoms with Gasteiger partial charge in [-0.15, -0.1) is 11.6 Å². The zero-order chi connectivity index (χ0) is 13.9. The largest absolute Gasteiger partial charge is 0.243 e. The fourth-order valence-electron chi connectivity index (χ4n) is 1.25. The molecule has 7 heteroatoms. The Morgan fingerprint density at radius 2 is 2.06 bits per heavy atom. The van der Waals surface area contributed by atoms with Crippen LogP contribution in [0.3, 0.4) is 0 Å². The maximum atomic E-state index is 13.6. The molecule has 0 heterocycles. The van der Waals surface area contributed by atoms with Gasteiger partial charge in [-0.2, -0.15) is 0 Å². The molecule has 1 aromatic rings. The molecule has 18 heavy (non-hydrogen) atoms. The highest BCUT2D eigenvalue weighted by Crippen LogP contribution is 2.20. The molecule has 1 N–H and O–H groups in total. The molecule has 1 rings (SSSR count). The number of rotatable bonds is 5. The van der Waals surface area contributed by atoms with E-state index in [0.29, 0.717) is 10.4 Å². The quantitative estimate of drug-likeness (QED) is 0.822. The Morgan fingerprint density at radius 3 is 2.56 bits per heavy atom. The van der Waals surface area contributed by atoms with E-state index in [0.717, 1.165) is 6.07 Å². The van der Waals surface area contributed by atoms with Gasteiger partial charge >= 0.3 is 0 Å². The summed E-state index contributed by atoms with van der Waals surface area (Å²) in [5, 5.41) is 0. The van der Waals surface area contributed by atoms with Gasteiger partial charge in [-0.1, -0.05) is 22.9 Å². The maximum Gasteiger partial charge on any atom is 0.243 e. The summed E-state index contributed by atoms with van der Waals surface area (Å²) in [7, 11) is -3.87. The Bertz CT molecular complexity index is 524. The van der Waals surface area contributed by atoms with Crippen molar-refractivity contribution in [2.24, 2.45) is 5.92 Å². The number of alkyl halides is 1. The summed E-state index contributed by atoms with van der Waals surface area (Å²) in [5.41, 5.74) is 0. The second kappa shape index (κ2) is 6.32. The number of hydrogen-bond donors (Lipinski definition) is 1. The van der Waals surface area contributed by atoms with Crippen LogP contribution in [-0.4, -0.2) is 20.3 Å². The van der Waals surface area contributed by atoms with Gasteiger partial charge < -0.3 is 0 Å². The van der Waals surface area contributed by atoms with E-state index >= 15 is 0 Å². The zero-order valence-corrected chi connectivity index (χ0v) is 13.1. The van der Waals surface area contributed by atoms with Crippen LogP contribution in [0.5, 0.6) is 0 Å². The minimum Gasteiger partial charge on any atom is -0.208 e. The first-order chi connectivity index (χ1) is 8.27. The Labute approximate surface area is 120 Å². The van der Waals surface area contributed by atoms with Crippen LogP contribution in [0.1, 0.15) is 13.8 Å². The molecule has 0 aliphatic rings. The van der Waals surface area contributed by atoms with Crippen LogP contribution in [0.25, 0.3) is 0 Å². The van der Waals surface area contributed by atoms with Gasteiger partial charge in [0.25, 0.3) is 0 Å². The third-order valence-electron chi connectivity index (χ3n) is 2.62. The third-order valence-corrected chi connectivity index (χ3v) is 5.19. The zero-order valence-electron chi connectivity index (χ0n) is 9.95. The van der Waals surface area contributed by atoms with Crippen molar-refractivity contribution in [1.82, 2.24) is 4.72 Å². The molecule has 0 aliphatic carbocycles. The molecule has 1 aromatic carbocycles. The summed E-state index contributed by atoms with van der Waals surface area (Å²) in [6.07, 6.45) is 0. The van der Waals surface area contributed by atoms with Crippen molar-refractivity contribution in [2.75, 3.05) is 5.88 Å². The van der Waals surface area contributed by atoms with Crippen LogP contribution in [0.2, 0.25) is 0 Å². The van der Waals surface area contributed by atoms with E-state index in [1.54, 1.807) is 6.92 Å². The van der Waals surface area contributed by atoms with Crippen molar-refractivity contribution in [3.8, 4) is 0 Å². The number of nitrogens with one attached hydrogen (secondary N) is 1. The molecule has 0 aromatic heterocycles. The number of benzene rings is 1. The number of halogens is 3. The lowest BCUT2D eigenvalue weighted by molar-refractivity contribution is 0.477. The highest BCUT2D eigenvalue weighted by molar-refractivity contribution is 9.10. The van der Waals surface area contributed by atoms with Gasteiger partial charge in [-0.3, -0.25) is 0 Å². The molecule has 0 saturated carbocycles. The molecular formula is C11H14BrClFNO2S. The van der Waals surface area contributed by atoms with Crippen LogP contribution in [0.4, 0.5) is 4.39 Å². The van der Waals surface area contributed by atoms with Gasteiger partial charge in [-0.25, -0.2) is 17.5 Å². The minimum atomic E-state index is -3.87. The fraction of sp³-hybridized carbons (Fsp3) is 0.455. The summed E-state index contributed by atoms with van der Waals surface area (Å²) in [4.78, 5) is -0.362. The van der Waals surface area contributed by atoms with Crippen LogP contribution in [0, 0.1) is 11.7 Å². The molecule has 0 amide bonds. The lowest BCUT2D eigenvalue weighted by atomic mass is 10.1. The molecule has 102 valence electrons. The van der Waals surface area contributed by atoms with Crippen molar-refractivity contribution in [1.29, 1.82) is 0 Å². The average Bonchev–Trinajstić information content (AvgIpc) is 2.26. The van der Waals surface area contributed by atoms with Crippen molar-refractivity contribution in [3.63, 3.8) is 0 Å². The molecule has 3 nitrogen and oxygen atoms in total. The highest BCUT2D eigenvalue weighted by atomic mass is 79.9. The molecule has 0 aliphatic heterocycles. The average molecular weight is 359 g/mol. The molecule has 2 atom stereocenters. The maximum absolute atomic E-state index is 13.6. The van der Waals surface area contributed by atoms with Gasteiger partial charge in [0.2, 0.25) is 10.0 Å². The SMILES string of the molecule is CC(CCl)C(C)NS(=O)(=O)c1ccc(Br)cc1F. The van der Waals surface area contributed by atoms with E-state index in [1.807, 2.05) is 6.92 Å². The van der Waals surface area contributed by atoms with E-state index in [2.05, 4.69) is 20.7 Å². The summed E-state index contributed by atoms with van der Waals surface area (Å²) in [6.45, 7) is 3.51. The lowest BCUT2D eigenvalue weighted by Gasteiger charge is -2.19. The standard InChI is InChI=1S/C11H14BrClFNO2S/c1-7(6-13)8(2)15-18(16,17)11-4-3-9(12)5-10(11)14/h3-5,7-8,15H,6H2,1-2H3. The lowest BCUT2D eigenvalue weighted by Crippen LogP contribution is -2.38. The van der Waals surface area contributed by atoms with Crippen LogP contribution < -0.4 is 4.72 Å². The van der Waals surface area contributed by atoms with E-state index in [4.69, 9.17) is 11.6 Å². The predicted molar refractivity (Wildman–Crippen MR) is 73.8 cm³/mol. The Hall–Kier alpha value is -0.170. The van der Waals surface area contributed by atoms with Crippen molar-refractivity contribution in [3.05, 3.63) is 28.5 Å². The van der Waals surface area contributed by atoms with Gasteiger partial charge in [0.1, 0.15) is 10.7 Å².